The van der Waals surface area contributed by atoms with E-state index >= 15 is 0 Å². The second-order valence-corrected chi connectivity index (χ2v) is 6.83. The van der Waals surface area contributed by atoms with Gasteiger partial charge in [0.2, 0.25) is 0 Å². The second kappa shape index (κ2) is 7.99. The molecule has 126 valence electrons. The Labute approximate surface area is 148 Å². The Hall–Kier alpha value is -1.30. The van der Waals surface area contributed by atoms with Gasteiger partial charge in [-0.05, 0) is 37.4 Å². The van der Waals surface area contributed by atoms with Crippen molar-refractivity contribution in [1.82, 2.24) is 14.4 Å². The van der Waals surface area contributed by atoms with Gasteiger partial charge >= 0.3 is 0 Å². The number of nitrogens with zero attached hydrogens (tertiary/aromatic N) is 3. The molecular formula is C17H24ClN3OS. The first-order chi connectivity index (χ1) is 10.6. The molecule has 0 spiro atoms. The molecule has 1 aliphatic rings. The summed E-state index contributed by atoms with van der Waals surface area (Å²) >= 11 is 1.53. The van der Waals surface area contributed by atoms with Gasteiger partial charge in [-0.1, -0.05) is 6.07 Å². The van der Waals surface area contributed by atoms with Crippen molar-refractivity contribution in [2.45, 2.75) is 20.4 Å². The van der Waals surface area contributed by atoms with E-state index in [0.29, 0.717) is 0 Å². The van der Waals surface area contributed by atoms with E-state index in [9.17, 15) is 4.79 Å². The van der Waals surface area contributed by atoms with Gasteiger partial charge in [0.1, 0.15) is 0 Å². The van der Waals surface area contributed by atoms with Crippen LogP contribution in [0.25, 0.3) is 0 Å². The summed E-state index contributed by atoms with van der Waals surface area (Å²) in [7, 11) is 0. The van der Waals surface area contributed by atoms with Crippen LogP contribution in [0.5, 0.6) is 0 Å². The Morgan fingerprint density at radius 1 is 1.04 bits per heavy atom. The molecule has 0 saturated carbocycles. The highest BCUT2D eigenvalue weighted by Crippen LogP contribution is 2.14. The molecule has 0 radical (unpaired) electrons. The van der Waals surface area contributed by atoms with Crippen LogP contribution in [0.15, 0.2) is 29.6 Å². The summed E-state index contributed by atoms with van der Waals surface area (Å²) in [5, 5.41) is 1.96. The molecule has 1 amide bonds. The number of piperazine rings is 1. The molecule has 3 rings (SSSR count). The van der Waals surface area contributed by atoms with Crippen LogP contribution in [0.1, 0.15) is 21.1 Å². The zero-order valence-corrected chi connectivity index (χ0v) is 15.3. The van der Waals surface area contributed by atoms with Crippen molar-refractivity contribution in [2.75, 3.05) is 32.7 Å². The quantitative estimate of drug-likeness (QED) is 0.845. The van der Waals surface area contributed by atoms with Crippen LogP contribution in [-0.2, 0) is 6.54 Å². The molecule has 2 aromatic heterocycles. The van der Waals surface area contributed by atoms with Crippen LogP contribution < -0.4 is 0 Å². The SMILES string of the molecule is Cc1ccc(C)n1CCN1CCN(C(=O)c2cccs2)CC1.Cl. The summed E-state index contributed by atoms with van der Waals surface area (Å²) in [5.74, 6) is 0.187. The van der Waals surface area contributed by atoms with Crippen molar-refractivity contribution in [2.24, 2.45) is 0 Å². The third kappa shape index (κ3) is 4.16. The predicted molar refractivity (Wildman–Crippen MR) is 97.8 cm³/mol. The number of aryl methyl sites for hydroxylation is 2. The van der Waals surface area contributed by atoms with Gasteiger partial charge < -0.3 is 9.47 Å². The number of aromatic nitrogens is 1. The Morgan fingerprint density at radius 3 is 2.26 bits per heavy atom. The fourth-order valence-corrected chi connectivity index (χ4v) is 3.71. The number of carbonyl (C=O) groups excluding carboxylic acids is 1. The van der Waals surface area contributed by atoms with Crippen LogP contribution in [0.3, 0.4) is 0 Å². The maximum atomic E-state index is 12.3. The molecule has 0 aromatic carbocycles. The normalized spacial score (nSPS) is 15.5. The number of hydrogen-bond acceptors (Lipinski definition) is 3. The summed E-state index contributed by atoms with van der Waals surface area (Å²) in [4.78, 5) is 17.6. The lowest BCUT2D eigenvalue weighted by Gasteiger charge is -2.34. The van der Waals surface area contributed by atoms with Gasteiger partial charge in [0.05, 0.1) is 4.88 Å². The number of halogens is 1. The first-order valence-electron chi connectivity index (χ1n) is 7.83. The monoisotopic (exact) mass is 353 g/mol. The van der Waals surface area contributed by atoms with E-state index in [1.807, 2.05) is 22.4 Å². The Morgan fingerprint density at radius 2 is 1.70 bits per heavy atom. The van der Waals surface area contributed by atoms with E-state index in [1.54, 1.807) is 0 Å². The van der Waals surface area contributed by atoms with E-state index in [0.717, 1.165) is 44.1 Å². The number of hydrogen-bond donors (Lipinski definition) is 0. The van der Waals surface area contributed by atoms with Gasteiger partial charge in [0.15, 0.2) is 0 Å². The maximum absolute atomic E-state index is 12.3. The van der Waals surface area contributed by atoms with Crippen LogP contribution in [-0.4, -0.2) is 53.0 Å². The highest BCUT2D eigenvalue weighted by molar-refractivity contribution is 7.12. The van der Waals surface area contributed by atoms with E-state index in [2.05, 4.69) is 35.4 Å². The largest absolute Gasteiger partial charge is 0.348 e. The number of rotatable bonds is 4. The molecule has 0 unspecified atom stereocenters. The molecular weight excluding hydrogens is 330 g/mol. The molecule has 1 fully saturated rings. The van der Waals surface area contributed by atoms with Gasteiger partial charge in [-0.3, -0.25) is 9.69 Å². The molecule has 23 heavy (non-hydrogen) atoms. The molecule has 0 N–H and O–H groups in total. The van der Waals surface area contributed by atoms with Crippen LogP contribution in [0.2, 0.25) is 0 Å². The standard InChI is InChI=1S/C17H23N3OS.ClH/c1-14-5-6-15(2)20(14)12-9-18-7-10-19(11-8-18)17(21)16-4-3-13-22-16;/h3-6,13H,7-12H2,1-2H3;1H. The zero-order chi connectivity index (χ0) is 15.5. The van der Waals surface area contributed by atoms with Crippen molar-refractivity contribution in [3.05, 3.63) is 45.9 Å². The first-order valence-corrected chi connectivity index (χ1v) is 8.71. The summed E-state index contributed by atoms with van der Waals surface area (Å²) in [6, 6.07) is 8.20. The van der Waals surface area contributed by atoms with Crippen molar-refractivity contribution in [3.8, 4) is 0 Å². The smallest absolute Gasteiger partial charge is 0.264 e. The van der Waals surface area contributed by atoms with Crippen molar-refractivity contribution >= 4 is 29.7 Å². The van der Waals surface area contributed by atoms with Gasteiger partial charge in [-0.15, -0.1) is 23.7 Å². The maximum Gasteiger partial charge on any atom is 0.264 e. The Kier molecular flexibility index (Phi) is 6.27. The molecule has 2 aromatic rings. The number of carbonyl (C=O) groups is 1. The Bertz CT molecular complexity index is 611. The Balaban J connectivity index is 0.00000192. The van der Waals surface area contributed by atoms with Crippen LogP contribution in [0, 0.1) is 13.8 Å². The van der Waals surface area contributed by atoms with Gasteiger partial charge in [-0.2, -0.15) is 0 Å². The lowest BCUT2D eigenvalue weighted by atomic mass is 10.3. The van der Waals surface area contributed by atoms with Crippen LogP contribution >= 0.6 is 23.7 Å². The highest BCUT2D eigenvalue weighted by Gasteiger charge is 2.22. The lowest BCUT2D eigenvalue weighted by Crippen LogP contribution is -2.49. The summed E-state index contributed by atoms with van der Waals surface area (Å²) in [5.41, 5.74) is 2.65. The van der Waals surface area contributed by atoms with E-state index in [-0.39, 0.29) is 18.3 Å². The minimum Gasteiger partial charge on any atom is -0.348 e. The van der Waals surface area contributed by atoms with E-state index in [1.165, 1.54) is 22.7 Å². The van der Waals surface area contributed by atoms with Gasteiger partial charge in [-0.25, -0.2) is 0 Å². The summed E-state index contributed by atoms with van der Waals surface area (Å²) in [6.45, 7) is 10.0. The zero-order valence-electron chi connectivity index (χ0n) is 13.7. The van der Waals surface area contributed by atoms with Crippen molar-refractivity contribution in [1.29, 1.82) is 0 Å². The first kappa shape index (κ1) is 18.0. The minimum atomic E-state index is 0. The van der Waals surface area contributed by atoms with Crippen LogP contribution in [0.4, 0.5) is 0 Å². The fourth-order valence-electron chi connectivity index (χ4n) is 3.02. The average molecular weight is 354 g/mol. The van der Waals surface area contributed by atoms with Crippen molar-refractivity contribution < 1.29 is 4.79 Å². The van der Waals surface area contributed by atoms with Gasteiger partial charge in [0.25, 0.3) is 5.91 Å². The average Bonchev–Trinajstić information content (AvgIpc) is 3.17. The molecule has 0 atom stereocenters. The molecule has 6 heteroatoms. The fraction of sp³-hybridized carbons (Fsp3) is 0.471. The number of amides is 1. The lowest BCUT2D eigenvalue weighted by molar-refractivity contribution is 0.0638. The summed E-state index contributed by atoms with van der Waals surface area (Å²) in [6.07, 6.45) is 0. The number of thiophene rings is 1. The molecule has 4 nitrogen and oxygen atoms in total. The van der Waals surface area contributed by atoms with Gasteiger partial charge in [0, 0.05) is 50.7 Å². The minimum absolute atomic E-state index is 0. The third-order valence-corrected chi connectivity index (χ3v) is 5.31. The summed E-state index contributed by atoms with van der Waals surface area (Å²) < 4.78 is 2.36. The van der Waals surface area contributed by atoms with E-state index in [4.69, 9.17) is 0 Å². The topological polar surface area (TPSA) is 28.5 Å². The molecule has 0 bridgehead atoms. The molecule has 0 aliphatic carbocycles. The predicted octanol–water partition coefficient (Wildman–Crippen LogP) is 3.05. The molecule has 1 saturated heterocycles. The van der Waals surface area contributed by atoms with Crippen molar-refractivity contribution in [3.63, 3.8) is 0 Å². The molecule has 1 aliphatic heterocycles. The second-order valence-electron chi connectivity index (χ2n) is 5.88. The highest BCUT2D eigenvalue weighted by atomic mass is 35.5. The molecule has 3 heterocycles. The third-order valence-electron chi connectivity index (χ3n) is 4.45. The van der Waals surface area contributed by atoms with E-state index < -0.39 is 0 Å².